The van der Waals surface area contributed by atoms with Crippen LogP contribution >= 0.6 is 15.9 Å². The van der Waals surface area contributed by atoms with Crippen LogP contribution in [0.5, 0.6) is 5.75 Å². The Labute approximate surface area is 227 Å². The van der Waals surface area contributed by atoms with Gasteiger partial charge < -0.3 is 14.6 Å². The van der Waals surface area contributed by atoms with E-state index in [0.29, 0.717) is 19.4 Å². The summed E-state index contributed by atoms with van der Waals surface area (Å²) in [5.74, 6) is -2.94. The van der Waals surface area contributed by atoms with Gasteiger partial charge in [0.15, 0.2) is 0 Å². The normalized spacial score (nSPS) is 23.4. The van der Waals surface area contributed by atoms with Crippen molar-refractivity contribution in [1.29, 1.82) is 0 Å². The third-order valence-electron chi connectivity index (χ3n) is 7.06. The molecule has 198 valence electrons. The number of hydrogen-bond donors (Lipinski definition) is 2. The van der Waals surface area contributed by atoms with E-state index >= 15 is 0 Å². The van der Waals surface area contributed by atoms with E-state index in [4.69, 9.17) is 14.6 Å². The molecule has 0 aliphatic heterocycles. The van der Waals surface area contributed by atoms with E-state index in [1.165, 1.54) is 0 Å². The predicted molar refractivity (Wildman–Crippen MR) is 151 cm³/mol. The Morgan fingerprint density at radius 1 is 1.05 bits per heavy atom. The number of hydrazone groups is 1. The number of esters is 2. The van der Waals surface area contributed by atoms with Crippen LogP contribution in [0.1, 0.15) is 42.7 Å². The number of phenolic OH excluding ortho intramolecular Hbond substituents is 1. The summed E-state index contributed by atoms with van der Waals surface area (Å²) in [7, 11) is -1.40. The van der Waals surface area contributed by atoms with E-state index in [1.54, 1.807) is 12.1 Å². The quantitative estimate of drug-likeness (QED) is 0.204. The van der Waals surface area contributed by atoms with Crippen molar-refractivity contribution in [2.45, 2.75) is 57.3 Å². The zero-order chi connectivity index (χ0) is 26.7. The van der Waals surface area contributed by atoms with Gasteiger partial charge in [-0.1, -0.05) is 44.8 Å². The fraction of sp³-hybridized carbons (Fsp3) is 0.464. The maximum atomic E-state index is 13.5. The van der Waals surface area contributed by atoms with Crippen molar-refractivity contribution < 1.29 is 24.2 Å². The average molecular weight is 588 g/mol. The molecule has 1 fully saturated rings. The first kappa shape index (κ1) is 27.4. The third kappa shape index (κ3) is 6.09. The third-order valence-corrected chi connectivity index (χ3v) is 9.45. The first-order valence-corrected chi connectivity index (χ1v) is 17.3. The number of carbonyl (C=O) groups is 2. The molecule has 0 spiro atoms. The molecule has 3 aliphatic carbocycles. The molecule has 9 heteroatoms. The molecule has 3 aliphatic rings. The van der Waals surface area contributed by atoms with Crippen LogP contribution in [0.4, 0.5) is 5.69 Å². The number of nitrogens with one attached hydrogen (secondary N) is 1. The summed E-state index contributed by atoms with van der Waals surface area (Å²) in [6, 6.07) is 13.7. The van der Waals surface area contributed by atoms with Gasteiger partial charge in [-0.3, -0.25) is 15.0 Å². The highest BCUT2D eigenvalue weighted by Gasteiger charge is 2.57. The molecule has 1 saturated carbocycles. The van der Waals surface area contributed by atoms with Gasteiger partial charge in [-0.25, -0.2) is 0 Å². The van der Waals surface area contributed by atoms with E-state index in [9.17, 15) is 14.7 Å². The molecule has 37 heavy (non-hydrogen) atoms. The van der Waals surface area contributed by atoms with Crippen LogP contribution in [0, 0.1) is 11.8 Å². The maximum absolute atomic E-state index is 13.5. The molecule has 3 unspecified atom stereocenters. The summed E-state index contributed by atoms with van der Waals surface area (Å²) in [6.07, 6.45) is 1.19. The molecule has 0 aromatic heterocycles. The molecule has 2 bridgehead atoms. The summed E-state index contributed by atoms with van der Waals surface area (Å²) >= 11 is 3.53. The number of hydrogen-bond acceptors (Lipinski definition) is 7. The van der Waals surface area contributed by atoms with Crippen LogP contribution in [0.25, 0.3) is 0 Å². The number of ether oxygens (including phenoxy) is 2. The van der Waals surface area contributed by atoms with Gasteiger partial charge in [0.25, 0.3) is 0 Å². The molecule has 0 radical (unpaired) electrons. The van der Waals surface area contributed by atoms with E-state index in [0.717, 1.165) is 33.0 Å². The molecule has 2 aromatic carbocycles. The number of rotatable bonds is 9. The van der Waals surface area contributed by atoms with Crippen molar-refractivity contribution >= 4 is 47.3 Å². The molecule has 0 saturated heterocycles. The zero-order valence-corrected chi connectivity index (χ0v) is 24.4. The van der Waals surface area contributed by atoms with Crippen molar-refractivity contribution in [2.75, 3.05) is 18.6 Å². The van der Waals surface area contributed by atoms with Gasteiger partial charge in [0.2, 0.25) is 0 Å². The van der Waals surface area contributed by atoms with Crippen LogP contribution in [0.3, 0.4) is 0 Å². The Hall–Kier alpha value is -2.65. The van der Waals surface area contributed by atoms with Crippen LogP contribution in [0.15, 0.2) is 52.0 Å². The minimum Gasteiger partial charge on any atom is -0.508 e. The summed E-state index contributed by atoms with van der Waals surface area (Å²) in [5, 5.41) is 15.0. The molecular weight excluding hydrogens is 552 g/mol. The number of para-hydroxylation sites is 1. The second kappa shape index (κ2) is 11.4. The van der Waals surface area contributed by atoms with Gasteiger partial charge in [-0.2, -0.15) is 5.10 Å². The van der Waals surface area contributed by atoms with Crippen LogP contribution in [-0.2, 0) is 19.1 Å². The monoisotopic (exact) mass is 586 g/mol. The van der Waals surface area contributed by atoms with Crippen molar-refractivity contribution in [2.24, 2.45) is 16.9 Å². The zero-order valence-electron chi connectivity index (χ0n) is 21.8. The molecule has 5 rings (SSSR count). The Bertz CT molecular complexity index is 1200. The molecule has 4 atom stereocenters. The number of nitrogens with zero attached hydrogens (tertiary/aromatic N) is 1. The van der Waals surface area contributed by atoms with Gasteiger partial charge in [0.05, 0.1) is 30.7 Å². The molecule has 0 amide bonds. The fourth-order valence-corrected chi connectivity index (χ4v) is 6.32. The lowest BCUT2D eigenvalue weighted by Crippen LogP contribution is -2.51. The Kier molecular flexibility index (Phi) is 8.43. The number of aromatic hydroxyl groups is 1. The highest BCUT2D eigenvalue weighted by Crippen LogP contribution is 2.56. The largest absolute Gasteiger partial charge is 0.508 e. The van der Waals surface area contributed by atoms with Crippen molar-refractivity contribution in [1.82, 2.24) is 0 Å². The van der Waals surface area contributed by atoms with Gasteiger partial charge in [0, 0.05) is 30.1 Å². The average Bonchev–Trinajstić information content (AvgIpc) is 2.85. The highest BCUT2D eigenvalue weighted by molar-refractivity contribution is 9.10. The standard InChI is InChI=1S/C28H35BrN2O5Si/c1-5-12-35-28(34)26-24-19-15-17(32)10-11-18(19)20(25(26)27(33)36-13-14-37(2,3)4)16-23(24)31-30-22-9-7-6-8-21(22)29/h6-11,15,20,24-26,30,32H,5,12-14,16H2,1-4H3/b31-23+/t20?,24-,25?,26?/m1/s1. The smallest absolute Gasteiger partial charge is 0.310 e. The fourth-order valence-electron chi connectivity index (χ4n) is 5.24. The van der Waals surface area contributed by atoms with E-state index < -0.39 is 31.8 Å². The number of benzene rings is 2. The van der Waals surface area contributed by atoms with E-state index in [1.807, 2.05) is 37.3 Å². The predicted octanol–water partition coefficient (Wildman–Crippen LogP) is 6.27. The second-order valence-electron chi connectivity index (χ2n) is 11.0. The van der Waals surface area contributed by atoms with Crippen molar-refractivity contribution in [3.05, 3.63) is 58.1 Å². The lowest BCUT2D eigenvalue weighted by atomic mass is 9.55. The Balaban J connectivity index is 1.73. The number of fused-ring (bicyclic) bond motifs is 2. The van der Waals surface area contributed by atoms with Crippen molar-refractivity contribution in [3.8, 4) is 5.75 Å². The van der Waals surface area contributed by atoms with Gasteiger partial charge >= 0.3 is 11.9 Å². The van der Waals surface area contributed by atoms with Gasteiger partial charge in [0.1, 0.15) is 5.75 Å². The lowest BCUT2D eigenvalue weighted by molar-refractivity contribution is -0.163. The number of phenols is 1. The van der Waals surface area contributed by atoms with Crippen molar-refractivity contribution in [3.63, 3.8) is 0 Å². The van der Waals surface area contributed by atoms with Crippen LogP contribution in [0.2, 0.25) is 25.7 Å². The van der Waals surface area contributed by atoms with E-state index in [-0.39, 0.29) is 24.2 Å². The molecule has 2 N–H and O–H groups in total. The summed E-state index contributed by atoms with van der Waals surface area (Å²) < 4.78 is 12.3. The molecular formula is C28H35BrN2O5Si. The first-order valence-electron chi connectivity index (χ1n) is 12.8. The minimum atomic E-state index is -1.40. The number of halogens is 1. The number of carbonyl (C=O) groups excluding carboxylic acids is 2. The van der Waals surface area contributed by atoms with Crippen LogP contribution in [-0.4, -0.2) is 44.0 Å². The Morgan fingerprint density at radius 3 is 2.46 bits per heavy atom. The summed E-state index contributed by atoms with van der Waals surface area (Å²) in [5.41, 5.74) is 6.44. The summed E-state index contributed by atoms with van der Waals surface area (Å²) in [6.45, 7) is 9.27. The van der Waals surface area contributed by atoms with E-state index in [2.05, 4.69) is 41.0 Å². The molecule has 2 aromatic rings. The molecule has 7 nitrogen and oxygen atoms in total. The SMILES string of the molecule is CCCOC(=O)C1C(C(=O)OCC[Si](C)(C)C)C2C/C(=N\Nc3ccccc3Br)[C@H]1c1cc(O)ccc12. The topological polar surface area (TPSA) is 97.2 Å². The number of anilines is 1. The highest BCUT2D eigenvalue weighted by atomic mass is 79.9. The lowest BCUT2D eigenvalue weighted by Gasteiger charge is -2.47. The van der Waals surface area contributed by atoms with Crippen LogP contribution < -0.4 is 5.43 Å². The Morgan fingerprint density at radius 2 is 1.76 bits per heavy atom. The second-order valence-corrected chi connectivity index (χ2v) is 17.5. The van der Waals surface area contributed by atoms with Gasteiger partial charge in [-0.05, 0) is 70.2 Å². The summed E-state index contributed by atoms with van der Waals surface area (Å²) in [4.78, 5) is 27.0. The first-order chi connectivity index (χ1) is 17.6. The maximum Gasteiger partial charge on any atom is 0.310 e. The van der Waals surface area contributed by atoms with Gasteiger partial charge in [-0.15, -0.1) is 0 Å². The molecule has 0 heterocycles. The minimum absolute atomic E-state index is 0.111.